The standard InChI is InChI=1S/C23H25F2N5O/c1-4-30-16(3)21(15(2)29-30)12-13-26-23(27-20-7-5-6-19(25)14-20)28-22(31)17-8-10-18(24)11-9-17/h5-11,14H,4,12-13H2,1-3H3,(H2,26,27,28,31). The third-order valence-electron chi connectivity index (χ3n) is 4.89. The molecule has 0 unspecified atom stereocenters. The second kappa shape index (κ2) is 9.97. The van der Waals surface area contributed by atoms with E-state index in [1.165, 1.54) is 36.4 Å². The van der Waals surface area contributed by atoms with Crippen LogP contribution in [-0.4, -0.2) is 28.2 Å². The Morgan fingerprint density at radius 3 is 2.48 bits per heavy atom. The minimum absolute atomic E-state index is 0.179. The molecule has 0 fully saturated rings. The molecule has 6 nitrogen and oxygen atoms in total. The summed E-state index contributed by atoms with van der Waals surface area (Å²) in [7, 11) is 0. The minimum Gasteiger partial charge on any atom is -0.326 e. The summed E-state index contributed by atoms with van der Waals surface area (Å²) in [6.45, 7) is 7.19. The highest BCUT2D eigenvalue weighted by atomic mass is 19.1. The summed E-state index contributed by atoms with van der Waals surface area (Å²) in [6, 6.07) is 11.1. The van der Waals surface area contributed by atoms with Gasteiger partial charge < -0.3 is 5.32 Å². The van der Waals surface area contributed by atoms with E-state index in [1.807, 2.05) is 25.5 Å². The number of benzene rings is 2. The number of aryl methyl sites for hydroxylation is 2. The molecular formula is C23H25F2N5O. The number of nitrogens with one attached hydrogen (secondary N) is 2. The fourth-order valence-corrected chi connectivity index (χ4v) is 3.28. The summed E-state index contributed by atoms with van der Waals surface area (Å²) in [6.07, 6.45) is 0.637. The number of anilines is 1. The lowest BCUT2D eigenvalue weighted by Crippen LogP contribution is -2.36. The lowest BCUT2D eigenvalue weighted by atomic mass is 10.1. The Balaban J connectivity index is 1.78. The van der Waals surface area contributed by atoms with Crippen LogP contribution in [0.2, 0.25) is 0 Å². The first-order chi connectivity index (χ1) is 14.9. The number of halogens is 2. The lowest BCUT2D eigenvalue weighted by Gasteiger charge is -2.12. The smallest absolute Gasteiger partial charge is 0.257 e. The fourth-order valence-electron chi connectivity index (χ4n) is 3.28. The first-order valence-electron chi connectivity index (χ1n) is 10.0. The normalized spacial score (nSPS) is 11.5. The number of carbonyl (C=O) groups excluding carboxylic acids is 1. The Labute approximate surface area is 180 Å². The molecule has 0 radical (unpaired) electrons. The molecule has 0 aliphatic carbocycles. The van der Waals surface area contributed by atoms with Crippen LogP contribution in [0.1, 0.15) is 34.2 Å². The molecule has 1 heterocycles. The van der Waals surface area contributed by atoms with Crippen LogP contribution < -0.4 is 10.6 Å². The van der Waals surface area contributed by atoms with E-state index < -0.39 is 17.5 Å². The number of carbonyl (C=O) groups is 1. The maximum Gasteiger partial charge on any atom is 0.257 e. The van der Waals surface area contributed by atoms with Gasteiger partial charge in [-0.3, -0.25) is 19.8 Å². The van der Waals surface area contributed by atoms with Gasteiger partial charge in [0.1, 0.15) is 11.6 Å². The number of nitrogens with zero attached hydrogens (tertiary/aromatic N) is 3. The Morgan fingerprint density at radius 1 is 1.10 bits per heavy atom. The van der Waals surface area contributed by atoms with Crippen molar-refractivity contribution >= 4 is 17.6 Å². The quantitative estimate of drug-likeness (QED) is 0.458. The number of aromatic nitrogens is 2. The minimum atomic E-state index is -0.450. The monoisotopic (exact) mass is 425 g/mol. The lowest BCUT2D eigenvalue weighted by molar-refractivity contribution is 0.0977. The summed E-state index contributed by atoms with van der Waals surface area (Å²) in [4.78, 5) is 17.0. The van der Waals surface area contributed by atoms with Crippen molar-refractivity contribution in [3.05, 3.63) is 82.7 Å². The highest BCUT2D eigenvalue weighted by Crippen LogP contribution is 2.14. The second-order valence-corrected chi connectivity index (χ2v) is 7.04. The van der Waals surface area contributed by atoms with Gasteiger partial charge in [-0.05, 0) is 75.2 Å². The molecule has 2 aromatic carbocycles. The molecule has 3 rings (SSSR count). The molecule has 162 valence electrons. The SMILES string of the molecule is CCn1nc(C)c(CCN=C(NC(=O)c2ccc(F)cc2)Nc2cccc(F)c2)c1C. The molecule has 8 heteroatoms. The van der Waals surface area contributed by atoms with E-state index in [9.17, 15) is 13.6 Å². The van der Waals surface area contributed by atoms with Crippen molar-refractivity contribution in [2.75, 3.05) is 11.9 Å². The van der Waals surface area contributed by atoms with Crippen molar-refractivity contribution in [2.24, 2.45) is 4.99 Å². The summed E-state index contributed by atoms with van der Waals surface area (Å²) < 4.78 is 28.7. The molecule has 3 aromatic rings. The first kappa shape index (κ1) is 22.1. The second-order valence-electron chi connectivity index (χ2n) is 7.04. The number of amides is 1. The first-order valence-corrected chi connectivity index (χ1v) is 10.0. The van der Waals surface area contributed by atoms with Crippen molar-refractivity contribution in [2.45, 2.75) is 33.7 Å². The molecule has 1 aromatic heterocycles. The molecule has 0 aliphatic heterocycles. The van der Waals surface area contributed by atoms with Crippen molar-refractivity contribution in [3.8, 4) is 0 Å². The summed E-state index contributed by atoms with van der Waals surface area (Å²) >= 11 is 0. The molecule has 1 amide bonds. The Hall–Kier alpha value is -3.55. The highest BCUT2D eigenvalue weighted by molar-refractivity contribution is 6.09. The Morgan fingerprint density at radius 2 is 1.84 bits per heavy atom. The fraction of sp³-hybridized carbons (Fsp3) is 0.261. The van der Waals surface area contributed by atoms with Gasteiger partial charge in [0.2, 0.25) is 5.96 Å². The molecule has 0 saturated heterocycles. The summed E-state index contributed by atoms with van der Waals surface area (Å²) in [5.74, 6) is -1.11. The van der Waals surface area contributed by atoms with E-state index in [2.05, 4.69) is 20.7 Å². The van der Waals surface area contributed by atoms with Crippen LogP contribution in [0.3, 0.4) is 0 Å². The number of rotatable bonds is 6. The van der Waals surface area contributed by atoms with Gasteiger partial charge in [-0.25, -0.2) is 8.78 Å². The largest absolute Gasteiger partial charge is 0.326 e. The Kier molecular flexibility index (Phi) is 7.12. The molecule has 2 N–H and O–H groups in total. The zero-order valence-corrected chi connectivity index (χ0v) is 17.7. The molecule has 0 atom stereocenters. The maximum atomic E-state index is 13.6. The van der Waals surface area contributed by atoms with E-state index in [-0.39, 0.29) is 11.5 Å². The van der Waals surface area contributed by atoms with Crippen LogP contribution in [0, 0.1) is 25.5 Å². The van der Waals surface area contributed by atoms with Crippen LogP contribution in [0.25, 0.3) is 0 Å². The van der Waals surface area contributed by atoms with Gasteiger partial charge in [-0.2, -0.15) is 5.10 Å². The van der Waals surface area contributed by atoms with E-state index >= 15 is 0 Å². The Bertz CT molecular complexity index is 1090. The van der Waals surface area contributed by atoms with Crippen molar-refractivity contribution < 1.29 is 13.6 Å². The van der Waals surface area contributed by atoms with E-state index in [0.29, 0.717) is 18.7 Å². The molecule has 0 spiro atoms. The van der Waals surface area contributed by atoms with Gasteiger partial charge in [-0.1, -0.05) is 6.07 Å². The van der Waals surface area contributed by atoms with E-state index in [1.54, 1.807) is 12.1 Å². The molecular weight excluding hydrogens is 400 g/mol. The van der Waals surface area contributed by atoms with Crippen LogP contribution in [0.15, 0.2) is 53.5 Å². The average molecular weight is 425 g/mol. The topological polar surface area (TPSA) is 71.3 Å². The van der Waals surface area contributed by atoms with Crippen molar-refractivity contribution in [3.63, 3.8) is 0 Å². The van der Waals surface area contributed by atoms with Crippen LogP contribution >= 0.6 is 0 Å². The van der Waals surface area contributed by atoms with Gasteiger partial charge in [0.15, 0.2) is 0 Å². The highest BCUT2D eigenvalue weighted by Gasteiger charge is 2.12. The zero-order valence-electron chi connectivity index (χ0n) is 17.7. The summed E-state index contributed by atoms with van der Waals surface area (Å²) in [5, 5.41) is 10.1. The third kappa shape index (κ3) is 5.75. The molecule has 0 aliphatic rings. The molecule has 31 heavy (non-hydrogen) atoms. The van der Waals surface area contributed by atoms with E-state index in [4.69, 9.17) is 0 Å². The average Bonchev–Trinajstić information content (AvgIpc) is 3.01. The van der Waals surface area contributed by atoms with Gasteiger partial charge >= 0.3 is 0 Å². The van der Waals surface area contributed by atoms with Crippen LogP contribution in [0.5, 0.6) is 0 Å². The summed E-state index contributed by atoms with van der Waals surface area (Å²) in [5.41, 5.74) is 3.88. The van der Waals surface area contributed by atoms with Gasteiger partial charge in [0.05, 0.1) is 5.69 Å². The van der Waals surface area contributed by atoms with Crippen LogP contribution in [-0.2, 0) is 13.0 Å². The third-order valence-corrected chi connectivity index (χ3v) is 4.89. The number of hydrogen-bond acceptors (Lipinski definition) is 3. The molecule has 0 saturated carbocycles. The van der Waals surface area contributed by atoms with Crippen molar-refractivity contribution in [1.29, 1.82) is 0 Å². The number of aliphatic imine (C=N–C) groups is 1. The van der Waals surface area contributed by atoms with Gasteiger partial charge in [0, 0.05) is 30.0 Å². The van der Waals surface area contributed by atoms with Gasteiger partial charge in [-0.15, -0.1) is 0 Å². The van der Waals surface area contributed by atoms with Gasteiger partial charge in [0.25, 0.3) is 5.91 Å². The number of guanidine groups is 1. The van der Waals surface area contributed by atoms with E-state index in [0.717, 1.165) is 23.5 Å². The predicted molar refractivity (Wildman–Crippen MR) is 117 cm³/mol. The number of hydrogen-bond donors (Lipinski definition) is 2. The predicted octanol–water partition coefficient (Wildman–Crippen LogP) is 4.24. The van der Waals surface area contributed by atoms with Crippen molar-refractivity contribution in [1.82, 2.24) is 15.1 Å². The molecule has 0 bridgehead atoms. The van der Waals surface area contributed by atoms with Crippen LogP contribution in [0.4, 0.5) is 14.5 Å². The maximum absolute atomic E-state index is 13.6. The zero-order chi connectivity index (χ0) is 22.4.